The third kappa shape index (κ3) is 5.17. The van der Waals surface area contributed by atoms with Crippen LogP contribution < -0.4 is 4.90 Å². The van der Waals surface area contributed by atoms with Gasteiger partial charge in [-0.3, -0.25) is 0 Å². The lowest BCUT2D eigenvalue weighted by Crippen LogP contribution is -2.60. The summed E-state index contributed by atoms with van der Waals surface area (Å²) in [5, 5.41) is 7.18. The highest BCUT2D eigenvalue weighted by Gasteiger charge is 2.43. The molecule has 0 atom stereocenters. The molecule has 196 valence electrons. The summed E-state index contributed by atoms with van der Waals surface area (Å²) in [5.74, 6) is -3.80. The maximum Gasteiger partial charge on any atom is 0.314 e. The van der Waals surface area contributed by atoms with E-state index in [0.29, 0.717) is 18.2 Å². The first-order valence-electron chi connectivity index (χ1n) is 11.7. The molecule has 0 bridgehead atoms. The second-order valence-corrected chi connectivity index (χ2v) is 10.0. The van der Waals surface area contributed by atoms with Gasteiger partial charge < -0.3 is 19.1 Å². The van der Waals surface area contributed by atoms with Crippen LogP contribution in [0.1, 0.15) is 30.7 Å². The van der Waals surface area contributed by atoms with E-state index >= 15 is 4.39 Å². The van der Waals surface area contributed by atoms with Crippen molar-refractivity contribution in [3.8, 4) is 11.5 Å². The topological polar surface area (TPSA) is 48.6 Å². The van der Waals surface area contributed by atoms with Crippen molar-refractivity contribution in [3.05, 3.63) is 65.3 Å². The summed E-state index contributed by atoms with van der Waals surface area (Å²) in [6.45, 7) is 3.43. The number of halogens is 5. The number of aromatic nitrogens is 2. The van der Waals surface area contributed by atoms with Gasteiger partial charge >= 0.3 is 6.43 Å². The summed E-state index contributed by atoms with van der Waals surface area (Å²) in [7, 11) is 2.09. The van der Waals surface area contributed by atoms with Crippen molar-refractivity contribution in [2.75, 3.05) is 38.1 Å². The molecule has 5 rings (SSSR count). The standard InChI is InChI=1S/C25H24F5N5OS/c1-33-13-25(14-33)6-8-34(9-7-25)24(37)35(17-4-5-18(26)20(28)11-17)12-16-3-2-15(10-19(16)27)22-31-32-23(36-22)21(29)30/h2-5,10-11,21H,6-9,12-14H2,1H3. The van der Waals surface area contributed by atoms with Gasteiger partial charge in [-0.1, -0.05) is 6.07 Å². The van der Waals surface area contributed by atoms with E-state index in [0.717, 1.165) is 44.1 Å². The quantitative estimate of drug-likeness (QED) is 0.319. The normalized spacial score (nSPS) is 17.3. The number of rotatable bonds is 5. The van der Waals surface area contributed by atoms with E-state index in [1.54, 1.807) is 4.90 Å². The van der Waals surface area contributed by atoms with E-state index < -0.39 is 29.8 Å². The number of alkyl halides is 2. The van der Waals surface area contributed by atoms with Gasteiger partial charge in [0.25, 0.3) is 5.89 Å². The molecule has 2 aromatic carbocycles. The van der Waals surface area contributed by atoms with E-state index in [1.807, 2.05) is 4.90 Å². The Kier molecular flexibility index (Phi) is 6.88. The fourth-order valence-electron chi connectivity index (χ4n) is 5.10. The summed E-state index contributed by atoms with van der Waals surface area (Å²) in [5.41, 5.74) is 0.914. The van der Waals surface area contributed by atoms with Gasteiger partial charge in [0, 0.05) is 49.1 Å². The Morgan fingerprint density at radius 3 is 2.35 bits per heavy atom. The molecule has 3 heterocycles. The third-order valence-corrected chi connectivity index (χ3v) is 7.49. The molecule has 0 amide bonds. The summed E-state index contributed by atoms with van der Waals surface area (Å²) >= 11 is 5.78. The van der Waals surface area contributed by atoms with E-state index in [-0.39, 0.29) is 34.7 Å². The van der Waals surface area contributed by atoms with Crippen molar-refractivity contribution >= 4 is 23.0 Å². The summed E-state index contributed by atoms with van der Waals surface area (Å²) in [6.07, 6.45) is -1.03. The minimum Gasteiger partial charge on any atom is -0.415 e. The summed E-state index contributed by atoms with van der Waals surface area (Å²) < 4.78 is 73.4. The molecular weight excluding hydrogens is 513 g/mol. The van der Waals surface area contributed by atoms with Crippen LogP contribution in [-0.4, -0.2) is 58.3 Å². The van der Waals surface area contributed by atoms with Gasteiger partial charge in [-0.25, -0.2) is 13.2 Å². The van der Waals surface area contributed by atoms with E-state index in [2.05, 4.69) is 22.1 Å². The number of benzene rings is 2. The van der Waals surface area contributed by atoms with Gasteiger partial charge in [-0.05, 0) is 61.8 Å². The molecule has 0 unspecified atom stereocenters. The first-order valence-corrected chi connectivity index (χ1v) is 12.2. The van der Waals surface area contributed by atoms with Gasteiger partial charge in [0.15, 0.2) is 16.7 Å². The molecule has 37 heavy (non-hydrogen) atoms. The van der Waals surface area contributed by atoms with Crippen molar-refractivity contribution in [3.63, 3.8) is 0 Å². The Hall–Kier alpha value is -3.12. The molecule has 0 saturated carbocycles. The number of anilines is 1. The van der Waals surface area contributed by atoms with Gasteiger partial charge in [0.05, 0.1) is 6.54 Å². The molecule has 12 heteroatoms. The molecule has 2 aliphatic rings. The maximum atomic E-state index is 15.2. The van der Waals surface area contributed by atoms with Crippen LogP contribution in [0.25, 0.3) is 11.5 Å². The molecule has 1 aromatic heterocycles. The van der Waals surface area contributed by atoms with Crippen LogP contribution in [0.5, 0.6) is 0 Å². The average molecular weight is 538 g/mol. The SMILES string of the molecule is CN1CC2(CCN(C(=S)N(Cc3ccc(-c4nnc(C(F)F)o4)cc3F)c3ccc(F)c(F)c3)CC2)C1. The largest absolute Gasteiger partial charge is 0.415 e. The van der Waals surface area contributed by atoms with Crippen molar-refractivity contribution in [1.29, 1.82) is 0 Å². The zero-order valence-corrected chi connectivity index (χ0v) is 20.8. The zero-order valence-electron chi connectivity index (χ0n) is 19.9. The number of piperidine rings is 1. The van der Waals surface area contributed by atoms with E-state index in [1.165, 1.54) is 18.2 Å². The Bertz CT molecular complexity index is 1300. The highest BCUT2D eigenvalue weighted by atomic mass is 32.1. The molecule has 0 N–H and O–H groups in total. The second kappa shape index (κ2) is 9.97. The van der Waals surface area contributed by atoms with E-state index in [9.17, 15) is 17.6 Å². The van der Waals surface area contributed by atoms with Crippen LogP contribution in [-0.2, 0) is 6.54 Å². The maximum absolute atomic E-state index is 15.2. The van der Waals surface area contributed by atoms with Crippen LogP contribution in [0.4, 0.5) is 27.6 Å². The van der Waals surface area contributed by atoms with Gasteiger partial charge in [0.2, 0.25) is 5.89 Å². The first kappa shape index (κ1) is 25.5. The lowest BCUT2D eigenvalue weighted by molar-refractivity contribution is -0.0191. The van der Waals surface area contributed by atoms with Crippen molar-refractivity contribution in [2.24, 2.45) is 5.41 Å². The minimum absolute atomic E-state index is 0.0630. The molecular formula is C25H24F5N5OS. The monoisotopic (exact) mass is 537 g/mol. The van der Waals surface area contributed by atoms with Crippen LogP contribution in [0.2, 0.25) is 0 Å². The van der Waals surface area contributed by atoms with Crippen molar-refractivity contribution < 1.29 is 26.4 Å². The average Bonchev–Trinajstić information content (AvgIpc) is 3.35. The van der Waals surface area contributed by atoms with Crippen molar-refractivity contribution in [2.45, 2.75) is 25.8 Å². The highest BCUT2D eigenvalue weighted by molar-refractivity contribution is 7.80. The fourth-order valence-corrected chi connectivity index (χ4v) is 5.45. The number of hydrogen-bond acceptors (Lipinski definition) is 5. The summed E-state index contributed by atoms with van der Waals surface area (Å²) in [6, 6.07) is 7.44. The zero-order chi connectivity index (χ0) is 26.3. The molecule has 2 saturated heterocycles. The minimum atomic E-state index is -2.94. The number of nitrogens with zero attached hydrogens (tertiary/aromatic N) is 5. The van der Waals surface area contributed by atoms with Gasteiger partial charge in [0.1, 0.15) is 5.82 Å². The van der Waals surface area contributed by atoms with Crippen molar-refractivity contribution in [1.82, 2.24) is 20.0 Å². The smallest absolute Gasteiger partial charge is 0.314 e. The number of thiocarbonyl (C=S) groups is 1. The van der Waals surface area contributed by atoms with Crippen LogP contribution in [0, 0.1) is 22.9 Å². The molecule has 2 fully saturated rings. The molecule has 1 spiro atoms. The Morgan fingerprint density at radius 1 is 1.03 bits per heavy atom. The Labute approximate surface area is 215 Å². The summed E-state index contributed by atoms with van der Waals surface area (Å²) in [4.78, 5) is 5.86. The van der Waals surface area contributed by atoms with Gasteiger partial charge in [-0.15, -0.1) is 10.2 Å². The molecule has 2 aliphatic heterocycles. The number of likely N-dealkylation sites (tertiary alicyclic amines) is 2. The lowest BCUT2D eigenvalue weighted by Gasteiger charge is -2.53. The molecule has 0 aliphatic carbocycles. The lowest BCUT2D eigenvalue weighted by atomic mass is 9.72. The molecule has 6 nitrogen and oxygen atoms in total. The third-order valence-electron chi connectivity index (χ3n) is 7.01. The molecule has 3 aromatic rings. The second-order valence-electron chi connectivity index (χ2n) is 9.68. The van der Waals surface area contributed by atoms with E-state index in [4.69, 9.17) is 16.6 Å². The van der Waals surface area contributed by atoms with Gasteiger partial charge in [-0.2, -0.15) is 8.78 Å². The van der Waals surface area contributed by atoms with Crippen LogP contribution in [0.15, 0.2) is 40.8 Å². The van der Waals surface area contributed by atoms with Crippen LogP contribution in [0.3, 0.4) is 0 Å². The predicted octanol–water partition coefficient (Wildman–Crippen LogP) is 5.41. The highest BCUT2D eigenvalue weighted by Crippen LogP contribution is 2.40. The predicted molar refractivity (Wildman–Crippen MR) is 131 cm³/mol. The van der Waals surface area contributed by atoms with Crippen LogP contribution >= 0.6 is 12.2 Å². The molecule has 0 radical (unpaired) electrons. The Morgan fingerprint density at radius 2 is 1.76 bits per heavy atom. The number of hydrogen-bond donors (Lipinski definition) is 0. The fraction of sp³-hybridized carbons (Fsp3) is 0.400. The first-order chi connectivity index (χ1) is 17.6. The Balaban J connectivity index is 1.39.